The maximum absolute atomic E-state index is 9.00. The number of likely N-dealkylation sites (tertiary alicyclic amines) is 1. The van der Waals surface area contributed by atoms with Crippen LogP contribution in [-0.4, -0.2) is 55.8 Å². The lowest BCUT2D eigenvalue weighted by atomic mass is 10.1. The Morgan fingerprint density at radius 3 is 2.80 bits per heavy atom. The van der Waals surface area contributed by atoms with Gasteiger partial charge in [0.15, 0.2) is 5.96 Å². The van der Waals surface area contributed by atoms with Crippen molar-refractivity contribution in [3.8, 4) is 0 Å². The fraction of sp³-hybridized carbons (Fsp3) is 0.421. The van der Waals surface area contributed by atoms with Gasteiger partial charge < -0.3 is 26.4 Å². The van der Waals surface area contributed by atoms with Gasteiger partial charge in [-0.3, -0.25) is 4.99 Å². The van der Waals surface area contributed by atoms with Gasteiger partial charge in [0, 0.05) is 31.5 Å². The number of hydrogen-bond acceptors (Lipinski definition) is 4. The molecule has 5 N–H and O–H groups in total. The predicted octanol–water partition coefficient (Wildman–Crippen LogP) is 1.70. The van der Waals surface area contributed by atoms with Crippen LogP contribution >= 0.6 is 0 Å². The van der Waals surface area contributed by atoms with Gasteiger partial charge in [-0.2, -0.15) is 0 Å². The molecule has 0 saturated carbocycles. The van der Waals surface area contributed by atoms with Crippen LogP contribution in [0.25, 0.3) is 11.8 Å². The monoisotopic (exact) mass is 343 g/mol. The van der Waals surface area contributed by atoms with Gasteiger partial charge in [-0.25, -0.2) is 0 Å². The zero-order chi connectivity index (χ0) is 18.1. The Morgan fingerprint density at radius 2 is 2.12 bits per heavy atom. The summed E-state index contributed by atoms with van der Waals surface area (Å²) in [4.78, 5) is 6.39. The van der Waals surface area contributed by atoms with Crippen molar-refractivity contribution in [3.63, 3.8) is 0 Å². The first-order valence-corrected chi connectivity index (χ1v) is 8.69. The molecule has 6 nitrogen and oxygen atoms in total. The number of aliphatic imine (C=N–C) groups is 1. The molecule has 2 rings (SSSR count). The Bertz CT molecular complexity index is 633. The SMILES string of the molecule is C=C(NCCN1CCCC1)c1cc(/C=C/CO)cc(NC(N)=NC)c1. The molecule has 25 heavy (non-hydrogen) atoms. The van der Waals surface area contributed by atoms with Gasteiger partial charge in [-0.15, -0.1) is 0 Å². The van der Waals surface area contributed by atoms with Gasteiger partial charge in [0.05, 0.1) is 6.61 Å². The van der Waals surface area contributed by atoms with E-state index in [1.807, 2.05) is 24.3 Å². The van der Waals surface area contributed by atoms with Gasteiger partial charge in [0.2, 0.25) is 0 Å². The first-order chi connectivity index (χ1) is 12.1. The third kappa shape index (κ3) is 6.25. The number of nitrogens with one attached hydrogen (secondary N) is 2. The second-order valence-electron chi connectivity index (χ2n) is 6.12. The molecule has 1 aromatic rings. The number of aliphatic hydroxyl groups is 1. The Balaban J connectivity index is 2.06. The van der Waals surface area contributed by atoms with Crippen LogP contribution in [0.15, 0.2) is 35.8 Å². The van der Waals surface area contributed by atoms with E-state index in [0.29, 0.717) is 5.96 Å². The van der Waals surface area contributed by atoms with E-state index in [-0.39, 0.29) is 6.61 Å². The summed E-state index contributed by atoms with van der Waals surface area (Å²) in [7, 11) is 1.64. The lowest BCUT2D eigenvalue weighted by Gasteiger charge is -2.17. The minimum Gasteiger partial charge on any atom is -0.392 e. The number of nitrogens with zero attached hydrogens (tertiary/aromatic N) is 2. The molecular weight excluding hydrogens is 314 g/mol. The van der Waals surface area contributed by atoms with E-state index in [0.717, 1.165) is 35.6 Å². The van der Waals surface area contributed by atoms with Crippen molar-refractivity contribution in [3.05, 3.63) is 42.0 Å². The van der Waals surface area contributed by atoms with Crippen molar-refractivity contribution < 1.29 is 5.11 Å². The Labute approximate surface area is 150 Å². The first-order valence-electron chi connectivity index (χ1n) is 8.69. The van der Waals surface area contributed by atoms with E-state index in [4.69, 9.17) is 10.8 Å². The highest BCUT2D eigenvalue weighted by atomic mass is 16.2. The maximum atomic E-state index is 9.00. The summed E-state index contributed by atoms with van der Waals surface area (Å²) in [6, 6.07) is 5.96. The molecular formula is C19H29N5O. The van der Waals surface area contributed by atoms with E-state index in [1.54, 1.807) is 13.1 Å². The largest absolute Gasteiger partial charge is 0.392 e. The van der Waals surface area contributed by atoms with Crippen LogP contribution in [0.1, 0.15) is 24.0 Å². The van der Waals surface area contributed by atoms with Crippen molar-refractivity contribution in [2.24, 2.45) is 10.7 Å². The molecule has 136 valence electrons. The van der Waals surface area contributed by atoms with Crippen LogP contribution in [0.3, 0.4) is 0 Å². The molecule has 1 fully saturated rings. The predicted molar refractivity (Wildman–Crippen MR) is 106 cm³/mol. The summed E-state index contributed by atoms with van der Waals surface area (Å²) >= 11 is 0. The Hall–Kier alpha value is -2.31. The van der Waals surface area contributed by atoms with Crippen molar-refractivity contribution >= 4 is 23.4 Å². The lowest BCUT2D eigenvalue weighted by Crippen LogP contribution is -2.29. The third-order valence-corrected chi connectivity index (χ3v) is 4.20. The maximum Gasteiger partial charge on any atom is 0.192 e. The van der Waals surface area contributed by atoms with Crippen LogP contribution in [0.4, 0.5) is 5.69 Å². The van der Waals surface area contributed by atoms with Crippen molar-refractivity contribution in [2.75, 3.05) is 45.2 Å². The second kappa shape index (κ2) is 9.86. The van der Waals surface area contributed by atoms with Crippen LogP contribution < -0.4 is 16.4 Å². The molecule has 0 aliphatic carbocycles. The fourth-order valence-electron chi connectivity index (χ4n) is 2.86. The lowest BCUT2D eigenvalue weighted by molar-refractivity contribution is 0.343. The zero-order valence-electron chi connectivity index (χ0n) is 15.0. The number of hydrogen-bond donors (Lipinski definition) is 4. The normalized spacial score (nSPS) is 15.7. The van der Waals surface area contributed by atoms with Gasteiger partial charge in [-0.05, 0) is 55.3 Å². The fourth-order valence-corrected chi connectivity index (χ4v) is 2.86. The minimum atomic E-state index is 0.000573. The Kier molecular flexibility index (Phi) is 7.50. The summed E-state index contributed by atoms with van der Waals surface area (Å²) in [5, 5.41) is 15.5. The molecule has 0 aromatic heterocycles. The second-order valence-corrected chi connectivity index (χ2v) is 6.12. The summed E-state index contributed by atoms with van der Waals surface area (Å²) in [6.07, 6.45) is 6.17. The first kappa shape index (κ1) is 19.0. The molecule has 1 aromatic carbocycles. The smallest absolute Gasteiger partial charge is 0.192 e. The number of rotatable bonds is 8. The number of aliphatic hydroxyl groups excluding tert-OH is 1. The molecule has 0 spiro atoms. The molecule has 1 saturated heterocycles. The van der Waals surface area contributed by atoms with E-state index in [1.165, 1.54) is 25.9 Å². The molecule has 1 heterocycles. The number of guanidine groups is 1. The topological polar surface area (TPSA) is 85.9 Å². The van der Waals surface area contributed by atoms with Gasteiger partial charge in [0.1, 0.15) is 0 Å². The van der Waals surface area contributed by atoms with Crippen molar-refractivity contribution in [2.45, 2.75) is 12.8 Å². The van der Waals surface area contributed by atoms with Crippen LogP contribution in [0, 0.1) is 0 Å². The van der Waals surface area contributed by atoms with Crippen molar-refractivity contribution in [1.82, 2.24) is 10.2 Å². The zero-order valence-corrected chi connectivity index (χ0v) is 15.0. The molecule has 0 bridgehead atoms. The standard InChI is InChI=1S/C19H29N5O/c1-15(22-7-10-24-8-3-4-9-24)17-12-16(6-5-11-25)13-18(14-17)23-19(20)21-2/h5-6,12-14,22,25H,1,3-4,7-11H2,2H3,(H3,20,21,23)/b6-5+. The van der Waals surface area contributed by atoms with Gasteiger partial charge >= 0.3 is 0 Å². The summed E-state index contributed by atoms with van der Waals surface area (Å²) < 4.78 is 0. The highest BCUT2D eigenvalue weighted by Gasteiger charge is 2.11. The average molecular weight is 343 g/mol. The van der Waals surface area contributed by atoms with E-state index >= 15 is 0 Å². The number of nitrogens with two attached hydrogens (primary N) is 1. The highest BCUT2D eigenvalue weighted by molar-refractivity contribution is 5.93. The van der Waals surface area contributed by atoms with Crippen LogP contribution in [0.2, 0.25) is 0 Å². The van der Waals surface area contributed by atoms with E-state index < -0.39 is 0 Å². The third-order valence-electron chi connectivity index (χ3n) is 4.20. The van der Waals surface area contributed by atoms with E-state index in [2.05, 4.69) is 27.1 Å². The molecule has 6 heteroatoms. The molecule has 0 amide bonds. The molecule has 0 radical (unpaired) electrons. The molecule has 1 aliphatic heterocycles. The molecule has 0 unspecified atom stereocenters. The molecule has 1 aliphatic rings. The van der Waals surface area contributed by atoms with Crippen LogP contribution in [0.5, 0.6) is 0 Å². The summed E-state index contributed by atoms with van der Waals surface area (Å²) in [6.45, 7) is 8.45. The highest BCUT2D eigenvalue weighted by Crippen LogP contribution is 2.20. The molecule has 0 atom stereocenters. The summed E-state index contributed by atoms with van der Waals surface area (Å²) in [5.74, 6) is 0.349. The van der Waals surface area contributed by atoms with Crippen molar-refractivity contribution in [1.29, 1.82) is 0 Å². The van der Waals surface area contributed by atoms with Gasteiger partial charge in [0.25, 0.3) is 0 Å². The summed E-state index contributed by atoms with van der Waals surface area (Å²) in [5.41, 5.74) is 9.41. The van der Waals surface area contributed by atoms with Gasteiger partial charge in [-0.1, -0.05) is 18.7 Å². The quantitative estimate of drug-likeness (QED) is 0.426. The Morgan fingerprint density at radius 1 is 1.36 bits per heavy atom. The minimum absolute atomic E-state index is 0.000573. The van der Waals surface area contributed by atoms with E-state index in [9.17, 15) is 0 Å². The number of benzene rings is 1. The number of anilines is 1. The average Bonchev–Trinajstić information content (AvgIpc) is 3.13. The van der Waals surface area contributed by atoms with Crippen LogP contribution in [-0.2, 0) is 0 Å².